The van der Waals surface area contributed by atoms with Gasteiger partial charge in [-0.1, -0.05) is 23.4 Å². The average Bonchev–Trinajstić information content (AvgIpc) is 2.09. The van der Waals surface area contributed by atoms with E-state index in [9.17, 15) is 0 Å². The fourth-order valence-corrected chi connectivity index (χ4v) is 1.15. The first-order valence-electron chi connectivity index (χ1n) is 3.92. The fourth-order valence-electron chi connectivity index (χ4n) is 0.867. The standard InChI is InChI=1S/C10H9Cl2N/c1-8-9(4-2-3-7-11)5-6-10(12)13-8/h5-6H,3,7H2,1H3. The number of aromatic nitrogens is 1. The van der Waals surface area contributed by atoms with Crippen LogP contribution in [0.1, 0.15) is 17.7 Å². The summed E-state index contributed by atoms with van der Waals surface area (Å²) in [7, 11) is 0. The molecule has 1 nitrogen and oxygen atoms in total. The van der Waals surface area contributed by atoms with Crippen LogP contribution < -0.4 is 0 Å². The van der Waals surface area contributed by atoms with Crippen LogP contribution in [0.3, 0.4) is 0 Å². The predicted octanol–water partition coefficient (Wildman–Crippen LogP) is 3.02. The van der Waals surface area contributed by atoms with Crippen molar-refractivity contribution in [3.8, 4) is 11.8 Å². The van der Waals surface area contributed by atoms with Gasteiger partial charge in [-0.3, -0.25) is 0 Å². The monoisotopic (exact) mass is 213 g/mol. The number of halogens is 2. The van der Waals surface area contributed by atoms with E-state index in [-0.39, 0.29) is 0 Å². The van der Waals surface area contributed by atoms with Gasteiger partial charge in [0.05, 0.1) is 5.69 Å². The molecule has 0 aliphatic rings. The van der Waals surface area contributed by atoms with Crippen molar-refractivity contribution in [2.75, 3.05) is 5.88 Å². The highest BCUT2D eigenvalue weighted by atomic mass is 35.5. The summed E-state index contributed by atoms with van der Waals surface area (Å²) >= 11 is 11.2. The van der Waals surface area contributed by atoms with Gasteiger partial charge in [-0.15, -0.1) is 11.6 Å². The van der Waals surface area contributed by atoms with Crippen molar-refractivity contribution in [1.82, 2.24) is 4.98 Å². The molecule has 68 valence electrons. The molecule has 0 radical (unpaired) electrons. The van der Waals surface area contributed by atoms with Gasteiger partial charge < -0.3 is 0 Å². The summed E-state index contributed by atoms with van der Waals surface area (Å²) in [5.41, 5.74) is 1.77. The van der Waals surface area contributed by atoms with Gasteiger partial charge in [0.15, 0.2) is 0 Å². The Morgan fingerprint density at radius 1 is 1.46 bits per heavy atom. The first kappa shape index (κ1) is 10.4. The number of nitrogens with zero attached hydrogens (tertiary/aromatic N) is 1. The first-order valence-corrected chi connectivity index (χ1v) is 4.83. The number of aryl methyl sites for hydroxylation is 1. The van der Waals surface area contributed by atoms with Crippen molar-refractivity contribution in [2.24, 2.45) is 0 Å². The van der Waals surface area contributed by atoms with Crippen molar-refractivity contribution < 1.29 is 0 Å². The molecule has 1 aromatic heterocycles. The van der Waals surface area contributed by atoms with Crippen LogP contribution in [0.15, 0.2) is 12.1 Å². The Morgan fingerprint density at radius 2 is 2.23 bits per heavy atom. The van der Waals surface area contributed by atoms with Crippen LogP contribution in [0.2, 0.25) is 5.15 Å². The largest absolute Gasteiger partial charge is 0.240 e. The fraction of sp³-hybridized carbons (Fsp3) is 0.300. The summed E-state index contributed by atoms with van der Waals surface area (Å²) in [6, 6.07) is 3.60. The molecule has 1 rings (SSSR count). The van der Waals surface area contributed by atoms with Crippen LogP contribution in [-0.4, -0.2) is 10.9 Å². The minimum Gasteiger partial charge on any atom is -0.240 e. The Labute approximate surface area is 88.1 Å². The number of rotatable bonds is 1. The topological polar surface area (TPSA) is 12.9 Å². The highest BCUT2D eigenvalue weighted by Gasteiger charge is 1.95. The minimum absolute atomic E-state index is 0.500. The maximum Gasteiger partial charge on any atom is 0.129 e. The molecule has 3 heteroatoms. The van der Waals surface area contributed by atoms with Gasteiger partial charge in [-0.25, -0.2) is 4.98 Å². The molecule has 0 fully saturated rings. The molecular formula is C10H9Cl2N. The van der Waals surface area contributed by atoms with Crippen LogP contribution in [0.25, 0.3) is 0 Å². The van der Waals surface area contributed by atoms with Crippen molar-refractivity contribution in [3.63, 3.8) is 0 Å². The molecule has 0 spiro atoms. The predicted molar refractivity (Wildman–Crippen MR) is 56.2 cm³/mol. The molecule has 0 bridgehead atoms. The summed E-state index contributed by atoms with van der Waals surface area (Å²) in [5, 5.41) is 0.500. The van der Waals surface area contributed by atoms with E-state index in [1.54, 1.807) is 6.07 Å². The second-order valence-corrected chi connectivity index (χ2v) is 3.27. The van der Waals surface area contributed by atoms with E-state index in [0.29, 0.717) is 17.5 Å². The van der Waals surface area contributed by atoms with Gasteiger partial charge in [0.2, 0.25) is 0 Å². The molecule has 0 N–H and O–H groups in total. The van der Waals surface area contributed by atoms with Crippen molar-refractivity contribution in [3.05, 3.63) is 28.5 Å². The molecule has 13 heavy (non-hydrogen) atoms. The quantitative estimate of drug-likeness (QED) is 0.397. The van der Waals surface area contributed by atoms with Gasteiger partial charge in [0, 0.05) is 17.9 Å². The van der Waals surface area contributed by atoms with E-state index in [1.807, 2.05) is 13.0 Å². The Hall–Kier alpha value is -0.710. The lowest BCUT2D eigenvalue weighted by atomic mass is 10.2. The second-order valence-electron chi connectivity index (χ2n) is 2.51. The first-order chi connectivity index (χ1) is 6.24. The van der Waals surface area contributed by atoms with E-state index in [1.165, 1.54) is 0 Å². The second kappa shape index (κ2) is 5.11. The van der Waals surface area contributed by atoms with Crippen molar-refractivity contribution in [1.29, 1.82) is 0 Å². The van der Waals surface area contributed by atoms with Crippen LogP contribution in [0.4, 0.5) is 0 Å². The lowest BCUT2D eigenvalue weighted by Crippen LogP contribution is -1.87. The Bertz CT molecular complexity index is 350. The van der Waals surface area contributed by atoms with E-state index >= 15 is 0 Å². The highest BCUT2D eigenvalue weighted by Crippen LogP contribution is 2.09. The Morgan fingerprint density at radius 3 is 2.85 bits per heavy atom. The van der Waals surface area contributed by atoms with E-state index in [2.05, 4.69) is 16.8 Å². The zero-order valence-electron chi connectivity index (χ0n) is 7.27. The van der Waals surface area contributed by atoms with Gasteiger partial charge >= 0.3 is 0 Å². The van der Waals surface area contributed by atoms with E-state index < -0.39 is 0 Å². The SMILES string of the molecule is Cc1nc(Cl)ccc1C#CCCCl. The molecule has 0 unspecified atom stereocenters. The molecule has 0 aliphatic carbocycles. The summed E-state index contributed by atoms with van der Waals surface area (Å²) < 4.78 is 0. The highest BCUT2D eigenvalue weighted by molar-refractivity contribution is 6.29. The summed E-state index contributed by atoms with van der Waals surface area (Å²) in [6.07, 6.45) is 0.698. The zero-order chi connectivity index (χ0) is 9.68. The van der Waals surface area contributed by atoms with E-state index in [4.69, 9.17) is 23.2 Å². The molecule has 1 aromatic rings. The molecule has 0 aliphatic heterocycles. The molecule has 0 atom stereocenters. The lowest BCUT2D eigenvalue weighted by molar-refractivity contribution is 1.18. The Balaban J connectivity index is 2.85. The number of hydrogen-bond acceptors (Lipinski definition) is 1. The van der Waals surface area contributed by atoms with Crippen molar-refractivity contribution >= 4 is 23.2 Å². The molecule has 0 aromatic carbocycles. The zero-order valence-corrected chi connectivity index (χ0v) is 8.78. The van der Waals surface area contributed by atoms with Crippen LogP contribution >= 0.6 is 23.2 Å². The number of pyridine rings is 1. The Kier molecular flexibility index (Phi) is 4.08. The smallest absolute Gasteiger partial charge is 0.129 e. The molecule has 0 saturated heterocycles. The lowest BCUT2D eigenvalue weighted by Gasteiger charge is -1.96. The van der Waals surface area contributed by atoms with Crippen molar-refractivity contribution in [2.45, 2.75) is 13.3 Å². The van der Waals surface area contributed by atoms with Crippen LogP contribution in [-0.2, 0) is 0 Å². The van der Waals surface area contributed by atoms with Gasteiger partial charge in [-0.05, 0) is 19.1 Å². The molecule has 0 amide bonds. The third-order valence-electron chi connectivity index (χ3n) is 1.49. The van der Waals surface area contributed by atoms with Gasteiger partial charge in [-0.2, -0.15) is 0 Å². The third kappa shape index (κ3) is 3.26. The third-order valence-corrected chi connectivity index (χ3v) is 1.89. The maximum atomic E-state index is 5.70. The number of alkyl halides is 1. The van der Waals surface area contributed by atoms with Gasteiger partial charge in [0.1, 0.15) is 5.15 Å². The average molecular weight is 214 g/mol. The van der Waals surface area contributed by atoms with Crippen LogP contribution in [0, 0.1) is 18.8 Å². The molecular weight excluding hydrogens is 205 g/mol. The van der Waals surface area contributed by atoms with Crippen LogP contribution in [0.5, 0.6) is 0 Å². The minimum atomic E-state index is 0.500. The van der Waals surface area contributed by atoms with E-state index in [0.717, 1.165) is 11.3 Å². The molecule has 1 heterocycles. The summed E-state index contributed by atoms with van der Waals surface area (Å²) in [6.45, 7) is 1.89. The summed E-state index contributed by atoms with van der Waals surface area (Å²) in [4.78, 5) is 4.08. The molecule has 0 saturated carbocycles. The normalized spacial score (nSPS) is 9.15. The van der Waals surface area contributed by atoms with Gasteiger partial charge in [0.25, 0.3) is 0 Å². The summed E-state index contributed by atoms with van der Waals surface area (Å²) in [5.74, 6) is 6.49. The maximum absolute atomic E-state index is 5.70. The number of hydrogen-bond donors (Lipinski definition) is 0.